The summed E-state index contributed by atoms with van der Waals surface area (Å²) in [5, 5.41) is 36.1. The van der Waals surface area contributed by atoms with Gasteiger partial charge >= 0.3 is 11.9 Å². The lowest BCUT2D eigenvalue weighted by Crippen LogP contribution is -2.60. The smallest absolute Gasteiger partial charge is 0.327 e. The number of hydrogen-bond donors (Lipinski definition) is 16. The molecule has 0 aromatic rings. The summed E-state index contributed by atoms with van der Waals surface area (Å²) in [4.78, 5) is 124. The third kappa shape index (κ3) is 23.8. The summed E-state index contributed by atoms with van der Waals surface area (Å²) in [5.74, 6) is -10.0. The van der Waals surface area contributed by atoms with Crippen LogP contribution in [0.15, 0.2) is 9.98 Å². The molecule has 0 aliphatic carbocycles. The van der Waals surface area contributed by atoms with Gasteiger partial charge in [0.2, 0.25) is 41.4 Å². The predicted molar refractivity (Wildman–Crippen MR) is 243 cm³/mol. The van der Waals surface area contributed by atoms with E-state index < -0.39 is 120 Å². The fraction of sp³-hybridized carbons (Fsp3) is 0.703. The van der Waals surface area contributed by atoms with Gasteiger partial charge in [-0.15, -0.1) is 0 Å². The molecule has 0 aliphatic rings. The van der Waals surface area contributed by atoms with E-state index in [-0.39, 0.29) is 68.1 Å². The molecule has 0 aliphatic heterocycles. The Morgan fingerprint density at radius 1 is 0.531 bits per heavy atom. The molecule has 25 nitrogen and oxygen atoms in total. The van der Waals surface area contributed by atoms with E-state index in [1.54, 1.807) is 27.7 Å². The van der Waals surface area contributed by atoms with Crippen LogP contribution >= 0.6 is 25.3 Å². The van der Waals surface area contributed by atoms with E-state index in [1.807, 2.05) is 0 Å². The van der Waals surface area contributed by atoms with Crippen LogP contribution in [0.25, 0.3) is 0 Å². The van der Waals surface area contributed by atoms with E-state index in [9.17, 15) is 53.4 Å². The minimum atomic E-state index is -1.56. The first kappa shape index (κ1) is 58.4. The zero-order valence-corrected chi connectivity index (χ0v) is 38.6. The zero-order valence-electron chi connectivity index (χ0n) is 36.8. The second-order valence-electron chi connectivity index (χ2n) is 15.5. The normalized spacial score (nSPS) is 14.7. The highest BCUT2D eigenvalue weighted by molar-refractivity contribution is 7.80. The monoisotopic (exact) mass is 948 g/mol. The van der Waals surface area contributed by atoms with Gasteiger partial charge in [0.1, 0.15) is 42.3 Å². The van der Waals surface area contributed by atoms with Crippen molar-refractivity contribution in [3.8, 4) is 0 Å². The predicted octanol–water partition coefficient (Wildman–Crippen LogP) is -4.65. The van der Waals surface area contributed by atoms with Crippen LogP contribution in [0, 0.1) is 11.8 Å². The van der Waals surface area contributed by atoms with Gasteiger partial charge in [-0.2, -0.15) is 25.3 Å². The van der Waals surface area contributed by atoms with Crippen molar-refractivity contribution >= 4 is 90.5 Å². The van der Waals surface area contributed by atoms with Gasteiger partial charge in [0.25, 0.3) is 0 Å². The molecule has 0 aromatic heterocycles. The van der Waals surface area contributed by atoms with Crippen LogP contribution in [0.5, 0.6) is 0 Å². The highest BCUT2D eigenvalue weighted by Crippen LogP contribution is 2.10. The Labute approximate surface area is 383 Å². The minimum Gasteiger partial charge on any atom is -0.481 e. The minimum absolute atomic E-state index is 0.0169. The number of carboxylic acid groups (broad SMARTS) is 2. The SMILES string of the molecule is CC(C)C[C@H](NC(=O)[C@H](C)NC(=O)[C@@H](NC(=O)[C@H](CS)NC(=O)[C@@H](N)CCCN=C(N)N)C(C)C)C(=O)N[C@@H](CCC(=O)O)C(=O)N[C@@H](CCCN=C(N)N)C(=O)N[C@@H](CS)C(=O)O. The van der Waals surface area contributed by atoms with Crippen LogP contribution < -0.4 is 65.9 Å². The number of nitrogens with two attached hydrogens (primary N) is 5. The summed E-state index contributed by atoms with van der Waals surface area (Å²) >= 11 is 8.09. The van der Waals surface area contributed by atoms with Crippen LogP contribution in [0.3, 0.4) is 0 Å². The van der Waals surface area contributed by atoms with E-state index >= 15 is 0 Å². The lowest BCUT2D eigenvalue weighted by Gasteiger charge is -2.28. The van der Waals surface area contributed by atoms with Crippen molar-refractivity contribution in [2.45, 2.75) is 128 Å². The van der Waals surface area contributed by atoms with Crippen LogP contribution in [-0.4, -0.2) is 148 Å². The molecule has 364 valence electrons. The summed E-state index contributed by atoms with van der Waals surface area (Å²) in [6, 6.07) is -10.4. The number of aliphatic imine (C=N–C) groups is 2. The van der Waals surface area contributed by atoms with E-state index in [0.29, 0.717) is 6.42 Å². The fourth-order valence-electron chi connectivity index (χ4n) is 5.59. The topological polar surface area (TPSA) is 433 Å². The van der Waals surface area contributed by atoms with Gasteiger partial charge in [0.15, 0.2) is 11.9 Å². The molecule has 0 fully saturated rings. The Kier molecular flexibility index (Phi) is 27.8. The lowest BCUT2D eigenvalue weighted by molar-refractivity contribution is -0.141. The Balaban J connectivity index is 6.08. The molecule has 0 saturated carbocycles. The van der Waals surface area contributed by atoms with Gasteiger partial charge in [-0.1, -0.05) is 27.7 Å². The maximum Gasteiger partial charge on any atom is 0.327 e. The Bertz CT molecular complexity index is 1660. The maximum atomic E-state index is 13.8. The zero-order chi connectivity index (χ0) is 49.3. The maximum absolute atomic E-state index is 13.8. The van der Waals surface area contributed by atoms with Crippen molar-refractivity contribution in [3.05, 3.63) is 0 Å². The largest absolute Gasteiger partial charge is 0.481 e. The molecular formula is C37H68N14O11S2. The molecule has 0 bridgehead atoms. The third-order valence-electron chi connectivity index (χ3n) is 9.11. The number of thiol groups is 2. The van der Waals surface area contributed by atoms with Crippen LogP contribution in [0.1, 0.15) is 79.6 Å². The number of nitrogens with zero attached hydrogens (tertiary/aromatic N) is 2. The number of hydrogen-bond acceptors (Lipinski definition) is 14. The molecule has 0 rings (SSSR count). The van der Waals surface area contributed by atoms with Crippen LogP contribution in [-0.2, 0) is 43.2 Å². The van der Waals surface area contributed by atoms with Gasteiger partial charge in [-0.05, 0) is 57.3 Å². The van der Waals surface area contributed by atoms with Crippen molar-refractivity contribution in [1.82, 2.24) is 37.2 Å². The number of rotatable bonds is 31. The second kappa shape index (κ2) is 30.5. The molecule has 64 heavy (non-hydrogen) atoms. The van der Waals surface area contributed by atoms with E-state index in [4.69, 9.17) is 28.7 Å². The number of carbonyl (C=O) groups is 9. The lowest BCUT2D eigenvalue weighted by atomic mass is 10.0. The standard InChI is InChI=1S/C37H68N14O11S2/c1-17(2)14-23(32(58)47-22(10-11-26(52)53)31(57)46-21(9-7-13-44-37(41)42)30(56)50-25(16-64)35(61)62)48-28(54)19(5)45-34(60)27(18(3)4)51-33(59)24(15-63)49-29(55)20(38)8-6-12-43-36(39)40/h17-25,27,63-64H,6-16,38H2,1-5H3,(H,45,60)(H,46,57)(H,47,58)(H,48,54)(H,49,55)(H,50,56)(H,51,59)(H,52,53)(H,61,62)(H4,39,40,43)(H4,41,42,44)/t19-,20-,21-,22-,23-,24-,25-,27-/m0/s1. The number of amides is 7. The van der Waals surface area contributed by atoms with Crippen molar-refractivity contribution in [1.29, 1.82) is 0 Å². The highest BCUT2D eigenvalue weighted by atomic mass is 32.1. The summed E-state index contributed by atoms with van der Waals surface area (Å²) in [5.41, 5.74) is 27.3. The Morgan fingerprint density at radius 2 is 0.969 bits per heavy atom. The molecule has 7 amide bonds. The molecule has 0 heterocycles. The first-order valence-corrected chi connectivity index (χ1v) is 21.8. The quantitative estimate of drug-likeness (QED) is 0.0134. The summed E-state index contributed by atoms with van der Waals surface area (Å²) in [6.07, 6.45) is -0.406. The van der Waals surface area contributed by atoms with Crippen LogP contribution in [0.4, 0.5) is 0 Å². The molecule has 0 aromatic carbocycles. The highest BCUT2D eigenvalue weighted by Gasteiger charge is 2.34. The molecule has 19 N–H and O–H groups in total. The van der Waals surface area contributed by atoms with Gasteiger partial charge in [-0.25, -0.2) is 4.79 Å². The molecule has 0 saturated heterocycles. The van der Waals surface area contributed by atoms with E-state index in [0.717, 1.165) is 0 Å². The van der Waals surface area contributed by atoms with Gasteiger partial charge in [-0.3, -0.25) is 48.3 Å². The Hall–Kier alpha value is -5.57. The van der Waals surface area contributed by atoms with Crippen LogP contribution in [0.2, 0.25) is 0 Å². The molecular weight excluding hydrogens is 881 g/mol. The summed E-state index contributed by atoms with van der Waals surface area (Å²) in [6.45, 7) is 8.35. The van der Waals surface area contributed by atoms with Crippen molar-refractivity contribution in [3.63, 3.8) is 0 Å². The molecule has 8 atom stereocenters. The third-order valence-corrected chi connectivity index (χ3v) is 9.84. The van der Waals surface area contributed by atoms with E-state index in [2.05, 4.69) is 72.5 Å². The number of carboxylic acids is 2. The first-order valence-electron chi connectivity index (χ1n) is 20.5. The van der Waals surface area contributed by atoms with E-state index in [1.165, 1.54) is 6.92 Å². The van der Waals surface area contributed by atoms with Gasteiger partial charge < -0.3 is 76.1 Å². The summed E-state index contributed by atoms with van der Waals surface area (Å²) in [7, 11) is 0. The molecule has 0 unspecified atom stereocenters. The number of aliphatic carboxylic acids is 2. The number of guanidine groups is 2. The average Bonchev–Trinajstić information content (AvgIpc) is 3.20. The van der Waals surface area contributed by atoms with Crippen molar-refractivity contribution in [2.75, 3.05) is 24.6 Å². The molecule has 0 radical (unpaired) electrons. The van der Waals surface area contributed by atoms with Crippen molar-refractivity contribution in [2.24, 2.45) is 50.5 Å². The Morgan fingerprint density at radius 3 is 1.42 bits per heavy atom. The molecule has 0 spiro atoms. The van der Waals surface area contributed by atoms with Crippen molar-refractivity contribution < 1.29 is 53.4 Å². The second-order valence-corrected chi connectivity index (χ2v) is 16.3. The number of nitrogens with one attached hydrogen (secondary N) is 7. The summed E-state index contributed by atoms with van der Waals surface area (Å²) < 4.78 is 0. The fourth-order valence-corrected chi connectivity index (χ4v) is 6.10. The number of carbonyl (C=O) groups excluding carboxylic acids is 7. The molecule has 27 heteroatoms. The first-order chi connectivity index (χ1) is 29.8. The van der Waals surface area contributed by atoms with Gasteiger partial charge in [0.05, 0.1) is 6.04 Å². The van der Waals surface area contributed by atoms with Gasteiger partial charge in [0, 0.05) is 31.0 Å². The average molecular weight is 949 g/mol.